The van der Waals surface area contributed by atoms with Crippen molar-refractivity contribution in [1.82, 2.24) is 9.97 Å². The normalized spacial score (nSPS) is 15.6. The van der Waals surface area contributed by atoms with E-state index < -0.39 is 5.97 Å². The highest BCUT2D eigenvalue weighted by atomic mass is 35.5. The van der Waals surface area contributed by atoms with Crippen molar-refractivity contribution in [2.45, 2.75) is 38.0 Å². The second-order valence-electron chi connectivity index (χ2n) is 6.02. The Hall–Kier alpha value is -2.01. The highest BCUT2D eigenvalue weighted by Gasteiger charge is 2.41. The first-order valence-corrected chi connectivity index (χ1v) is 8.36. The molecule has 0 spiro atoms. The van der Waals surface area contributed by atoms with E-state index in [9.17, 15) is 9.18 Å². The van der Waals surface area contributed by atoms with Crippen molar-refractivity contribution in [3.63, 3.8) is 0 Å². The van der Waals surface area contributed by atoms with E-state index in [1.807, 2.05) is 0 Å². The summed E-state index contributed by atoms with van der Waals surface area (Å²) in [5.41, 5.74) is 0.622. The third-order valence-electron chi connectivity index (χ3n) is 4.55. The molecule has 1 aromatic heterocycles. The topological polar surface area (TPSA) is 52.1 Å². The Labute approximate surface area is 145 Å². The second kappa shape index (κ2) is 6.85. The van der Waals surface area contributed by atoms with E-state index >= 15 is 0 Å². The van der Waals surface area contributed by atoms with Crippen molar-refractivity contribution < 1.29 is 13.9 Å². The average Bonchev–Trinajstić information content (AvgIpc) is 2.55. The minimum atomic E-state index is -0.441. The first-order valence-electron chi connectivity index (χ1n) is 7.98. The summed E-state index contributed by atoms with van der Waals surface area (Å²) in [6.07, 6.45) is 6.21. The van der Waals surface area contributed by atoms with Crippen LogP contribution in [0.3, 0.4) is 0 Å². The van der Waals surface area contributed by atoms with Crippen LogP contribution in [0.5, 0.6) is 0 Å². The Kier molecular flexibility index (Phi) is 4.81. The van der Waals surface area contributed by atoms with Gasteiger partial charge in [0.1, 0.15) is 11.6 Å². The van der Waals surface area contributed by atoms with Gasteiger partial charge in [-0.3, -0.25) is 0 Å². The van der Waals surface area contributed by atoms with Crippen LogP contribution < -0.4 is 0 Å². The number of ether oxygens (including phenoxy) is 1. The molecular formula is C18H18ClFN2O2. The van der Waals surface area contributed by atoms with Crippen LogP contribution in [0.2, 0.25) is 5.02 Å². The van der Waals surface area contributed by atoms with Crippen molar-refractivity contribution >= 4 is 17.6 Å². The van der Waals surface area contributed by atoms with Gasteiger partial charge in [-0.2, -0.15) is 0 Å². The molecule has 6 heteroatoms. The van der Waals surface area contributed by atoms with Gasteiger partial charge < -0.3 is 4.74 Å². The van der Waals surface area contributed by atoms with E-state index in [1.165, 1.54) is 12.4 Å². The van der Waals surface area contributed by atoms with Gasteiger partial charge in [0.15, 0.2) is 0 Å². The largest absolute Gasteiger partial charge is 0.462 e. The van der Waals surface area contributed by atoms with E-state index in [0.717, 1.165) is 19.3 Å². The first-order chi connectivity index (χ1) is 11.6. The molecule has 1 fully saturated rings. The third kappa shape index (κ3) is 3.13. The summed E-state index contributed by atoms with van der Waals surface area (Å²) in [5.74, 6) is -0.215. The molecule has 3 rings (SSSR count). The number of aromatic nitrogens is 2. The minimum Gasteiger partial charge on any atom is -0.462 e. The lowest BCUT2D eigenvalue weighted by atomic mass is 9.62. The van der Waals surface area contributed by atoms with Gasteiger partial charge in [0, 0.05) is 24.2 Å². The Morgan fingerprint density at radius 1 is 1.33 bits per heavy atom. The number of rotatable bonds is 5. The molecule has 0 N–H and O–H groups in total. The summed E-state index contributed by atoms with van der Waals surface area (Å²) >= 11 is 5.93. The number of hydrogen-bond acceptors (Lipinski definition) is 4. The van der Waals surface area contributed by atoms with Crippen LogP contribution >= 0.6 is 11.6 Å². The molecule has 1 heterocycles. The first kappa shape index (κ1) is 16.8. The summed E-state index contributed by atoms with van der Waals surface area (Å²) in [6, 6.07) is 5.11. The molecule has 0 atom stereocenters. The molecule has 0 radical (unpaired) electrons. The molecule has 126 valence electrons. The summed E-state index contributed by atoms with van der Waals surface area (Å²) in [6.45, 7) is 2.05. The number of benzene rings is 1. The zero-order valence-electron chi connectivity index (χ0n) is 13.4. The molecule has 1 saturated carbocycles. The Morgan fingerprint density at radius 2 is 2.04 bits per heavy atom. The molecule has 1 aliphatic rings. The van der Waals surface area contributed by atoms with Gasteiger partial charge in [-0.05, 0) is 31.4 Å². The van der Waals surface area contributed by atoms with E-state index in [1.54, 1.807) is 25.1 Å². The van der Waals surface area contributed by atoms with E-state index in [4.69, 9.17) is 16.3 Å². The fourth-order valence-electron chi connectivity index (χ4n) is 3.13. The van der Waals surface area contributed by atoms with Gasteiger partial charge in [0.05, 0.1) is 17.2 Å². The van der Waals surface area contributed by atoms with E-state index in [-0.39, 0.29) is 16.3 Å². The Bertz CT molecular complexity index is 745. The maximum atomic E-state index is 14.4. The minimum absolute atomic E-state index is 0.136. The third-order valence-corrected chi connectivity index (χ3v) is 4.84. The van der Waals surface area contributed by atoms with Crippen molar-refractivity contribution in [3.05, 3.63) is 58.4 Å². The van der Waals surface area contributed by atoms with Crippen LogP contribution in [0.4, 0.5) is 4.39 Å². The van der Waals surface area contributed by atoms with Crippen LogP contribution in [0.1, 0.15) is 47.9 Å². The van der Waals surface area contributed by atoms with Crippen LogP contribution in [0.15, 0.2) is 30.6 Å². The van der Waals surface area contributed by atoms with Crippen LogP contribution in [0.25, 0.3) is 0 Å². The van der Waals surface area contributed by atoms with Crippen molar-refractivity contribution in [1.29, 1.82) is 0 Å². The molecule has 24 heavy (non-hydrogen) atoms. The number of hydrogen-bond donors (Lipinski definition) is 0. The van der Waals surface area contributed by atoms with Crippen molar-refractivity contribution in [2.75, 3.05) is 6.61 Å². The molecule has 0 bridgehead atoms. The SMILES string of the molecule is CCOC(=O)c1cnc(CC2(c3cccc(Cl)c3F)CCC2)nc1. The number of nitrogens with zero attached hydrogens (tertiary/aromatic N) is 2. The number of carbonyl (C=O) groups excluding carboxylic acids is 1. The van der Waals surface area contributed by atoms with E-state index in [2.05, 4.69) is 9.97 Å². The number of carbonyl (C=O) groups is 1. The second-order valence-corrected chi connectivity index (χ2v) is 6.43. The monoisotopic (exact) mass is 348 g/mol. The zero-order valence-corrected chi connectivity index (χ0v) is 14.1. The Balaban J connectivity index is 1.83. The van der Waals surface area contributed by atoms with Gasteiger partial charge in [-0.25, -0.2) is 19.2 Å². The standard InChI is InChI=1S/C18H18ClFN2O2/c1-2-24-17(23)12-10-21-15(22-11-12)9-18(7-4-8-18)13-5-3-6-14(19)16(13)20/h3,5-6,10-11H,2,4,7-9H2,1H3. The summed E-state index contributed by atoms with van der Waals surface area (Å²) in [4.78, 5) is 20.2. The number of esters is 1. The molecule has 0 saturated heterocycles. The van der Waals surface area contributed by atoms with Crippen molar-refractivity contribution in [3.8, 4) is 0 Å². The molecule has 1 aliphatic carbocycles. The van der Waals surface area contributed by atoms with Crippen molar-refractivity contribution in [2.24, 2.45) is 0 Å². The lowest BCUT2D eigenvalue weighted by Crippen LogP contribution is -2.38. The zero-order chi connectivity index (χ0) is 17.2. The lowest BCUT2D eigenvalue weighted by molar-refractivity contribution is 0.0525. The highest BCUT2D eigenvalue weighted by Crippen LogP contribution is 2.47. The molecule has 1 aromatic carbocycles. The maximum absolute atomic E-state index is 14.4. The van der Waals surface area contributed by atoms with Gasteiger partial charge >= 0.3 is 5.97 Å². The van der Waals surface area contributed by atoms with E-state index in [0.29, 0.717) is 30.0 Å². The summed E-state index contributed by atoms with van der Waals surface area (Å²) < 4.78 is 19.4. The highest BCUT2D eigenvalue weighted by molar-refractivity contribution is 6.30. The lowest BCUT2D eigenvalue weighted by Gasteiger charge is -2.42. The molecule has 4 nitrogen and oxygen atoms in total. The quantitative estimate of drug-likeness (QED) is 0.763. The van der Waals surface area contributed by atoms with Crippen LogP contribution in [-0.2, 0) is 16.6 Å². The molecule has 0 amide bonds. The molecular weight excluding hydrogens is 331 g/mol. The number of halogens is 2. The molecule has 0 unspecified atom stereocenters. The summed E-state index contributed by atoms with van der Waals surface area (Å²) in [7, 11) is 0. The van der Waals surface area contributed by atoms with Gasteiger partial charge in [0.25, 0.3) is 0 Å². The maximum Gasteiger partial charge on any atom is 0.341 e. The smallest absolute Gasteiger partial charge is 0.341 e. The molecule has 2 aromatic rings. The van der Waals surface area contributed by atoms with Gasteiger partial charge in [0.2, 0.25) is 0 Å². The van der Waals surface area contributed by atoms with Gasteiger partial charge in [-0.15, -0.1) is 0 Å². The molecule has 0 aliphatic heterocycles. The fourth-order valence-corrected chi connectivity index (χ4v) is 3.30. The predicted octanol–water partition coefficient (Wildman–Crippen LogP) is 4.11. The van der Waals surface area contributed by atoms with Gasteiger partial charge in [-0.1, -0.05) is 30.2 Å². The van der Waals surface area contributed by atoms with Crippen LogP contribution in [-0.4, -0.2) is 22.5 Å². The fraction of sp³-hybridized carbons (Fsp3) is 0.389. The average molecular weight is 349 g/mol. The van der Waals surface area contributed by atoms with Crippen LogP contribution in [0, 0.1) is 5.82 Å². The summed E-state index contributed by atoms with van der Waals surface area (Å²) in [5, 5.41) is 0.136. The Morgan fingerprint density at radius 3 is 2.62 bits per heavy atom. The predicted molar refractivity (Wildman–Crippen MR) is 88.6 cm³/mol.